The summed E-state index contributed by atoms with van der Waals surface area (Å²) in [6, 6.07) is 6.89. The average Bonchev–Trinajstić information content (AvgIpc) is 3.67. The number of amides is 3. The summed E-state index contributed by atoms with van der Waals surface area (Å²) in [5, 5.41) is 18.0. The van der Waals surface area contributed by atoms with E-state index in [-0.39, 0.29) is 17.9 Å². The van der Waals surface area contributed by atoms with E-state index in [1.165, 1.54) is 30.5 Å². The van der Waals surface area contributed by atoms with Gasteiger partial charge in [-0.05, 0) is 95.5 Å². The molecule has 10 nitrogen and oxygen atoms in total. The van der Waals surface area contributed by atoms with Crippen LogP contribution in [-0.4, -0.2) is 61.1 Å². The number of carbonyl (C=O) groups is 3. The fourth-order valence-electron chi connectivity index (χ4n) is 4.67. The van der Waals surface area contributed by atoms with Crippen molar-refractivity contribution in [1.82, 2.24) is 5.32 Å². The minimum absolute atomic E-state index is 0.0710. The number of carboxylic acid groups (broad SMARTS) is 1. The number of ether oxygens (including phenoxy) is 3. The Morgan fingerprint density at radius 1 is 1.02 bits per heavy atom. The van der Waals surface area contributed by atoms with Gasteiger partial charge >= 0.3 is 12.0 Å². The maximum atomic E-state index is 13.3. The van der Waals surface area contributed by atoms with Crippen molar-refractivity contribution in [3.63, 3.8) is 0 Å². The molecule has 0 saturated heterocycles. The largest absolute Gasteiger partial charge is 0.491 e. The van der Waals surface area contributed by atoms with Gasteiger partial charge in [-0.3, -0.25) is 4.79 Å². The number of hydrogen-bond donors (Lipinski definition) is 4. The van der Waals surface area contributed by atoms with Crippen molar-refractivity contribution in [3.8, 4) is 5.75 Å². The maximum Gasteiger partial charge on any atom is 0.328 e. The van der Waals surface area contributed by atoms with E-state index < -0.39 is 35.7 Å². The molecule has 2 aromatic rings. The van der Waals surface area contributed by atoms with Crippen LogP contribution in [0.3, 0.4) is 0 Å². The zero-order valence-electron chi connectivity index (χ0n) is 25.1. The number of nitrogens with one attached hydrogen (secondary N) is 3. The molecule has 224 valence electrons. The van der Waals surface area contributed by atoms with Crippen LogP contribution in [-0.2, 0) is 20.7 Å². The fraction of sp³-hybridized carbons (Fsp3) is 0.516. The zero-order valence-corrected chi connectivity index (χ0v) is 25.1. The van der Waals surface area contributed by atoms with E-state index in [0.29, 0.717) is 18.0 Å². The normalized spacial score (nSPS) is 14.6. The van der Waals surface area contributed by atoms with Gasteiger partial charge in [0, 0.05) is 18.9 Å². The number of rotatable bonds is 13. The third-order valence-electron chi connectivity index (χ3n) is 6.65. The molecule has 1 aliphatic carbocycles. The van der Waals surface area contributed by atoms with Crippen molar-refractivity contribution in [2.45, 2.75) is 78.6 Å². The van der Waals surface area contributed by atoms with Crippen LogP contribution >= 0.6 is 0 Å². The van der Waals surface area contributed by atoms with Gasteiger partial charge < -0.3 is 35.3 Å². The molecule has 0 aliphatic heterocycles. The zero-order chi connectivity index (χ0) is 30.3. The fourth-order valence-corrected chi connectivity index (χ4v) is 4.67. The highest BCUT2D eigenvalue weighted by Crippen LogP contribution is 2.34. The van der Waals surface area contributed by atoms with E-state index in [9.17, 15) is 19.5 Å². The lowest BCUT2D eigenvalue weighted by Gasteiger charge is -2.29. The van der Waals surface area contributed by atoms with Gasteiger partial charge in [-0.1, -0.05) is 12.1 Å². The Kier molecular flexibility index (Phi) is 10.8. The molecule has 0 unspecified atom stereocenters. The number of urea groups is 1. The molecule has 0 aromatic heterocycles. The minimum atomic E-state index is -1.32. The SMILES string of the molecule is COCCOc1ccc(C(=O)N[C@H](C(=O)O)[C@@H](C)OC(C)(C)C)c(NC(=O)Nc2c(C)cc(CC3CC3)cc2C)c1. The van der Waals surface area contributed by atoms with E-state index in [0.717, 1.165) is 23.5 Å². The monoisotopic (exact) mass is 569 g/mol. The van der Waals surface area contributed by atoms with Crippen LogP contribution in [0.2, 0.25) is 0 Å². The van der Waals surface area contributed by atoms with Gasteiger partial charge in [0.1, 0.15) is 12.4 Å². The van der Waals surface area contributed by atoms with Crippen LogP contribution in [0.15, 0.2) is 30.3 Å². The van der Waals surface area contributed by atoms with Crippen molar-refractivity contribution >= 4 is 29.3 Å². The summed E-state index contributed by atoms with van der Waals surface area (Å²) in [4.78, 5) is 38.5. The van der Waals surface area contributed by atoms with Gasteiger partial charge in [0.15, 0.2) is 6.04 Å². The summed E-state index contributed by atoms with van der Waals surface area (Å²) in [5.74, 6) is -0.761. The Morgan fingerprint density at radius 3 is 2.24 bits per heavy atom. The minimum Gasteiger partial charge on any atom is -0.491 e. The Balaban J connectivity index is 1.83. The molecule has 1 saturated carbocycles. The van der Waals surface area contributed by atoms with Crippen LogP contribution in [0, 0.1) is 19.8 Å². The van der Waals surface area contributed by atoms with Crippen LogP contribution < -0.4 is 20.7 Å². The number of carbonyl (C=O) groups excluding carboxylic acids is 2. The van der Waals surface area contributed by atoms with E-state index in [4.69, 9.17) is 14.2 Å². The summed E-state index contributed by atoms with van der Waals surface area (Å²) in [6.45, 7) is 11.5. The maximum absolute atomic E-state index is 13.3. The molecular weight excluding hydrogens is 526 g/mol. The first-order chi connectivity index (χ1) is 19.3. The van der Waals surface area contributed by atoms with Crippen LogP contribution in [0.4, 0.5) is 16.2 Å². The molecular formula is C31H43N3O7. The van der Waals surface area contributed by atoms with E-state index >= 15 is 0 Å². The number of benzene rings is 2. The number of carboxylic acids is 1. The quantitative estimate of drug-likeness (QED) is 0.240. The van der Waals surface area contributed by atoms with Crippen LogP contribution in [0.25, 0.3) is 0 Å². The molecule has 1 aliphatic rings. The average molecular weight is 570 g/mol. The van der Waals surface area contributed by atoms with E-state index in [2.05, 4.69) is 28.1 Å². The standard InChI is InChI=1S/C31H43N3O7/c1-18-14-22(16-21-8-9-21)15-19(2)26(18)34-30(38)32-25-17-23(40-13-12-39-7)10-11-24(25)28(35)33-27(29(36)37)20(3)41-31(4,5)6/h10-11,14-15,17,20-21,27H,8-9,12-13,16H2,1-7H3,(H,33,35)(H,36,37)(H2,32,34,38)/t20-,27+/m1/s1. The Bertz CT molecular complexity index is 1230. The lowest BCUT2D eigenvalue weighted by Crippen LogP contribution is -2.50. The molecule has 2 atom stereocenters. The molecule has 3 rings (SSSR count). The van der Waals surface area contributed by atoms with Crippen molar-refractivity contribution < 1.29 is 33.7 Å². The molecule has 3 amide bonds. The molecule has 0 heterocycles. The van der Waals surface area contributed by atoms with Crippen molar-refractivity contribution in [2.75, 3.05) is 31.0 Å². The summed E-state index contributed by atoms with van der Waals surface area (Å²) >= 11 is 0. The molecule has 0 spiro atoms. The number of hydrogen-bond acceptors (Lipinski definition) is 6. The summed E-state index contributed by atoms with van der Waals surface area (Å²) in [5.41, 5.74) is 3.46. The van der Waals surface area contributed by atoms with Gasteiger partial charge in [-0.2, -0.15) is 0 Å². The van der Waals surface area contributed by atoms with Crippen LogP contribution in [0.5, 0.6) is 5.75 Å². The topological polar surface area (TPSA) is 135 Å². The smallest absolute Gasteiger partial charge is 0.328 e. The number of aryl methyl sites for hydroxylation is 2. The second kappa shape index (κ2) is 13.8. The Labute approximate surface area is 242 Å². The Hall–Kier alpha value is -3.63. The predicted molar refractivity (Wildman–Crippen MR) is 158 cm³/mol. The third kappa shape index (κ3) is 9.75. The highest BCUT2D eigenvalue weighted by Gasteiger charge is 2.31. The third-order valence-corrected chi connectivity index (χ3v) is 6.65. The molecule has 2 aromatic carbocycles. The van der Waals surface area contributed by atoms with Gasteiger partial charge in [0.2, 0.25) is 0 Å². The first-order valence-electron chi connectivity index (χ1n) is 13.9. The van der Waals surface area contributed by atoms with Crippen molar-refractivity contribution in [1.29, 1.82) is 0 Å². The second-order valence-electron chi connectivity index (χ2n) is 11.6. The molecule has 10 heteroatoms. The lowest BCUT2D eigenvalue weighted by molar-refractivity contribution is -0.146. The number of methoxy groups -OCH3 is 1. The second-order valence-corrected chi connectivity index (χ2v) is 11.6. The summed E-state index contributed by atoms with van der Waals surface area (Å²) < 4.78 is 16.5. The Morgan fingerprint density at radius 2 is 1.68 bits per heavy atom. The van der Waals surface area contributed by atoms with E-state index in [1.807, 2.05) is 13.8 Å². The predicted octanol–water partition coefficient (Wildman–Crippen LogP) is 5.31. The highest BCUT2D eigenvalue weighted by molar-refractivity contribution is 6.07. The summed E-state index contributed by atoms with van der Waals surface area (Å²) in [6.07, 6.45) is 2.75. The first kappa shape index (κ1) is 31.9. The molecule has 0 radical (unpaired) electrons. The van der Waals surface area contributed by atoms with Gasteiger partial charge in [0.05, 0.1) is 29.6 Å². The molecule has 1 fully saturated rings. The van der Waals surface area contributed by atoms with Crippen molar-refractivity contribution in [2.24, 2.45) is 5.92 Å². The van der Waals surface area contributed by atoms with Gasteiger partial charge in [-0.25, -0.2) is 9.59 Å². The van der Waals surface area contributed by atoms with Crippen LogP contribution in [0.1, 0.15) is 67.6 Å². The van der Waals surface area contributed by atoms with Gasteiger partial charge in [-0.15, -0.1) is 0 Å². The van der Waals surface area contributed by atoms with Crippen molar-refractivity contribution in [3.05, 3.63) is 52.6 Å². The highest BCUT2D eigenvalue weighted by atomic mass is 16.5. The van der Waals surface area contributed by atoms with Gasteiger partial charge in [0.25, 0.3) is 5.91 Å². The molecule has 0 bridgehead atoms. The summed E-state index contributed by atoms with van der Waals surface area (Å²) in [7, 11) is 1.56. The first-order valence-corrected chi connectivity index (χ1v) is 13.9. The molecule has 41 heavy (non-hydrogen) atoms. The molecule has 4 N–H and O–H groups in total. The van der Waals surface area contributed by atoms with E-state index in [1.54, 1.807) is 40.9 Å². The number of anilines is 2. The number of aliphatic carboxylic acids is 1. The lowest BCUT2D eigenvalue weighted by atomic mass is 10.0.